The maximum Gasteiger partial charge on any atom is 0.291 e. The molecular formula is C23H17ClFN3O3S. The standard InChI is InChI=1S/C23H17ClFN3O3S/c1-12-6-9-18(31-12)22(29)26-16-5-3-4-14(10-16)13(2)27-28-23(30)21-20(24)17-8-7-15(25)11-19(17)32-21/h3-11H,1-2H3,(H,26,29)(H,28,30)/b27-13-. The number of nitrogens with zero attached hydrogens (tertiary/aromatic N) is 1. The summed E-state index contributed by atoms with van der Waals surface area (Å²) >= 11 is 7.38. The summed E-state index contributed by atoms with van der Waals surface area (Å²) in [6.07, 6.45) is 0. The van der Waals surface area contributed by atoms with Gasteiger partial charge in [-0.1, -0.05) is 23.7 Å². The van der Waals surface area contributed by atoms with Crippen molar-refractivity contribution in [2.45, 2.75) is 13.8 Å². The number of benzene rings is 2. The minimum atomic E-state index is -0.492. The van der Waals surface area contributed by atoms with E-state index >= 15 is 0 Å². The number of carbonyl (C=O) groups excluding carboxylic acids is 2. The zero-order valence-corrected chi connectivity index (χ0v) is 18.6. The third-order valence-electron chi connectivity index (χ3n) is 4.63. The van der Waals surface area contributed by atoms with Gasteiger partial charge < -0.3 is 9.73 Å². The number of hydrazone groups is 1. The Morgan fingerprint density at radius 3 is 2.66 bits per heavy atom. The highest BCUT2D eigenvalue weighted by Gasteiger charge is 2.17. The van der Waals surface area contributed by atoms with Crippen LogP contribution >= 0.6 is 22.9 Å². The average Bonchev–Trinajstić information content (AvgIpc) is 3.35. The van der Waals surface area contributed by atoms with Gasteiger partial charge >= 0.3 is 0 Å². The Bertz CT molecular complexity index is 1380. The minimum absolute atomic E-state index is 0.214. The molecule has 162 valence electrons. The molecule has 32 heavy (non-hydrogen) atoms. The first kappa shape index (κ1) is 21.7. The van der Waals surface area contributed by atoms with Crippen molar-refractivity contribution in [1.82, 2.24) is 5.43 Å². The van der Waals surface area contributed by atoms with Crippen molar-refractivity contribution in [3.05, 3.63) is 87.4 Å². The van der Waals surface area contributed by atoms with Gasteiger partial charge in [0.25, 0.3) is 11.8 Å². The Balaban J connectivity index is 1.48. The van der Waals surface area contributed by atoms with Crippen molar-refractivity contribution in [1.29, 1.82) is 0 Å². The fourth-order valence-electron chi connectivity index (χ4n) is 3.01. The molecule has 0 radical (unpaired) electrons. The highest BCUT2D eigenvalue weighted by molar-refractivity contribution is 7.21. The number of anilines is 1. The van der Waals surface area contributed by atoms with Gasteiger partial charge in [0.2, 0.25) is 0 Å². The number of halogens is 2. The number of furan rings is 1. The lowest BCUT2D eigenvalue weighted by atomic mass is 10.1. The molecule has 0 atom stereocenters. The fourth-order valence-corrected chi connectivity index (χ4v) is 4.44. The SMILES string of the molecule is C/C(=N/NC(=O)c1sc2cc(F)ccc2c1Cl)c1cccc(NC(=O)c2ccc(C)o2)c1. The number of rotatable bonds is 5. The van der Waals surface area contributed by atoms with E-state index in [-0.39, 0.29) is 21.6 Å². The first-order chi connectivity index (χ1) is 15.3. The van der Waals surface area contributed by atoms with Crippen LogP contribution in [0.4, 0.5) is 10.1 Å². The van der Waals surface area contributed by atoms with E-state index in [9.17, 15) is 14.0 Å². The van der Waals surface area contributed by atoms with Crippen LogP contribution in [0.1, 0.15) is 38.5 Å². The Kier molecular flexibility index (Phi) is 6.07. The molecule has 2 heterocycles. The number of hydrogen-bond acceptors (Lipinski definition) is 5. The van der Waals surface area contributed by atoms with Crippen molar-refractivity contribution in [2.24, 2.45) is 5.10 Å². The second kappa shape index (κ2) is 8.94. The molecule has 0 spiro atoms. The van der Waals surface area contributed by atoms with Gasteiger partial charge in [0.1, 0.15) is 16.5 Å². The molecule has 2 N–H and O–H groups in total. The molecule has 0 saturated carbocycles. The van der Waals surface area contributed by atoms with Crippen LogP contribution in [0.3, 0.4) is 0 Å². The van der Waals surface area contributed by atoms with E-state index in [1.54, 1.807) is 56.3 Å². The highest BCUT2D eigenvalue weighted by Crippen LogP contribution is 2.35. The first-order valence-corrected chi connectivity index (χ1v) is 10.7. The summed E-state index contributed by atoms with van der Waals surface area (Å²) in [6.45, 7) is 3.48. The van der Waals surface area contributed by atoms with Crippen LogP contribution in [0.15, 0.2) is 64.1 Å². The number of hydrogen-bond donors (Lipinski definition) is 2. The van der Waals surface area contributed by atoms with Crippen molar-refractivity contribution >= 4 is 56.2 Å². The number of nitrogens with one attached hydrogen (secondary N) is 2. The smallest absolute Gasteiger partial charge is 0.291 e. The van der Waals surface area contributed by atoms with Crippen LogP contribution in [-0.2, 0) is 0 Å². The molecule has 0 fully saturated rings. The zero-order valence-electron chi connectivity index (χ0n) is 17.0. The molecule has 4 rings (SSSR count). The van der Waals surface area contributed by atoms with Gasteiger partial charge in [-0.2, -0.15) is 5.10 Å². The first-order valence-electron chi connectivity index (χ1n) is 9.52. The largest absolute Gasteiger partial charge is 0.456 e. The quantitative estimate of drug-likeness (QED) is 0.277. The highest BCUT2D eigenvalue weighted by atomic mass is 35.5. The second-order valence-corrected chi connectivity index (χ2v) is 8.40. The molecule has 9 heteroatoms. The van der Waals surface area contributed by atoms with Crippen LogP contribution in [0, 0.1) is 12.7 Å². The van der Waals surface area contributed by atoms with Gasteiger partial charge in [-0.05, 0) is 61.9 Å². The summed E-state index contributed by atoms with van der Waals surface area (Å²) in [7, 11) is 0. The van der Waals surface area contributed by atoms with E-state index in [0.717, 1.165) is 11.3 Å². The topological polar surface area (TPSA) is 83.7 Å². The summed E-state index contributed by atoms with van der Waals surface area (Å²) in [5.74, 6) is -0.398. The summed E-state index contributed by atoms with van der Waals surface area (Å²) in [6, 6.07) is 14.5. The Morgan fingerprint density at radius 2 is 1.91 bits per heavy atom. The molecule has 0 aliphatic carbocycles. The van der Waals surface area contributed by atoms with Gasteiger partial charge in [-0.15, -0.1) is 11.3 Å². The Morgan fingerprint density at radius 1 is 1.09 bits per heavy atom. The van der Waals surface area contributed by atoms with Crippen molar-refractivity contribution in [3.63, 3.8) is 0 Å². The summed E-state index contributed by atoms with van der Waals surface area (Å²) in [5.41, 5.74) is 4.25. The summed E-state index contributed by atoms with van der Waals surface area (Å²) in [5, 5.41) is 7.77. The molecule has 2 aromatic heterocycles. The van der Waals surface area contributed by atoms with Crippen LogP contribution in [0.5, 0.6) is 0 Å². The van der Waals surface area contributed by atoms with Gasteiger partial charge in [0, 0.05) is 15.8 Å². The molecule has 2 aromatic carbocycles. The van der Waals surface area contributed by atoms with Gasteiger partial charge in [0.05, 0.1) is 10.7 Å². The van der Waals surface area contributed by atoms with Crippen molar-refractivity contribution in [3.8, 4) is 0 Å². The van der Waals surface area contributed by atoms with Gasteiger partial charge in [-0.25, -0.2) is 9.82 Å². The monoisotopic (exact) mass is 469 g/mol. The van der Waals surface area contributed by atoms with Crippen molar-refractivity contribution < 1.29 is 18.4 Å². The minimum Gasteiger partial charge on any atom is -0.456 e. The van der Waals surface area contributed by atoms with Crippen LogP contribution in [0.2, 0.25) is 5.02 Å². The molecule has 0 aliphatic rings. The van der Waals surface area contributed by atoms with E-state index < -0.39 is 11.7 Å². The molecule has 6 nitrogen and oxygen atoms in total. The van der Waals surface area contributed by atoms with Crippen LogP contribution < -0.4 is 10.7 Å². The normalized spacial score (nSPS) is 11.6. The van der Waals surface area contributed by atoms with E-state index in [2.05, 4.69) is 15.8 Å². The Hall–Kier alpha value is -3.49. The van der Waals surface area contributed by atoms with Crippen LogP contribution in [0.25, 0.3) is 10.1 Å². The molecule has 0 saturated heterocycles. The van der Waals surface area contributed by atoms with E-state index in [0.29, 0.717) is 32.8 Å². The maximum absolute atomic E-state index is 13.4. The van der Waals surface area contributed by atoms with E-state index in [4.69, 9.17) is 16.0 Å². The lowest BCUT2D eigenvalue weighted by molar-refractivity contribution is 0.0957. The molecule has 0 bridgehead atoms. The van der Waals surface area contributed by atoms with Gasteiger partial charge in [0.15, 0.2) is 5.76 Å². The Labute approximate surface area is 191 Å². The summed E-state index contributed by atoms with van der Waals surface area (Å²) < 4.78 is 19.3. The zero-order chi connectivity index (χ0) is 22.8. The third-order valence-corrected chi connectivity index (χ3v) is 6.28. The maximum atomic E-state index is 13.4. The number of thiophene rings is 1. The molecule has 0 unspecified atom stereocenters. The predicted octanol–water partition coefficient (Wildman–Crippen LogP) is 6.00. The molecular weight excluding hydrogens is 453 g/mol. The molecule has 0 aliphatic heterocycles. The third kappa shape index (κ3) is 4.56. The number of fused-ring (bicyclic) bond motifs is 1. The summed E-state index contributed by atoms with van der Waals surface area (Å²) in [4.78, 5) is 25.1. The van der Waals surface area contributed by atoms with Crippen LogP contribution in [-0.4, -0.2) is 17.5 Å². The number of amides is 2. The number of aryl methyl sites for hydroxylation is 1. The lowest BCUT2D eigenvalue weighted by Crippen LogP contribution is -2.18. The molecule has 2 amide bonds. The predicted molar refractivity (Wildman–Crippen MR) is 124 cm³/mol. The fraction of sp³-hybridized carbons (Fsp3) is 0.0870. The molecule has 4 aromatic rings. The second-order valence-electron chi connectivity index (χ2n) is 6.97. The number of carbonyl (C=O) groups is 2. The van der Waals surface area contributed by atoms with Crippen molar-refractivity contribution in [2.75, 3.05) is 5.32 Å². The van der Waals surface area contributed by atoms with E-state index in [1.165, 1.54) is 12.1 Å². The van der Waals surface area contributed by atoms with E-state index in [1.807, 2.05) is 0 Å². The van der Waals surface area contributed by atoms with Gasteiger partial charge in [-0.3, -0.25) is 9.59 Å². The lowest BCUT2D eigenvalue weighted by Gasteiger charge is -2.07. The average molecular weight is 470 g/mol.